The average Bonchev–Trinajstić information content (AvgIpc) is 2.05. The topological polar surface area (TPSA) is 63.3 Å². The van der Waals surface area contributed by atoms with Crippen molar-refractivity contribution in [2.75, 3.05) is 6.54 Å². The molecule has 0 saturated heterocycles. The highest BCUT2D eigenvalue weighted by Crippen LogP contribution is 2.28. The Bertz CT molecular complexity index is 152. The molecule has 0 aromatic carbocycles. The van der Waals surface area contributed by atoms with Crippen molar-refractivity contribution in [2.24, 2.45) is 17.6 Å². The molecule has 1 aliphatic carbocycles. The van der Waals surface area contributed by atoms with E-state index in [4.69, 9.17) is 10.8 Å². The molecule has 0 amide bonds. The van der Waals surface area contributed by atoms with E-state index in [1.165, 1.54) is 0 Å². The Kier molecular flexibility index (Phi) is 5.25. The number of rotatable bonds is 2. The van der Waals surface area contributed by atoms with Crippen LogP contribution in [0, 0.1) is 11.8 Å². The van der Waals surface area contributed by atoms with Gasteiger partial charge in [0.25, 0.3) is 0 Å². The maximum absolute atomic E-state index is 10.6. The third kappa shape index (κ3) is 2.99. The second-order valence-corrected chi connectivity index (χ2v) is 3.30. The Hall–Kier alpha value is -0.280. The molecule has 72 valence electrons. The first-order valence-electron chi connectivity index (χ1n) is 4.17. The molecule has 0 aromatic rings. The van der Waals surface area contributed by atoms with Gasteiger partial charge in [-0.3, -0.25) is 4.79 Å². The summed E-state index contributed by atoms with van der Waals surface area (Å²) in [5.74, 6) is -0.328. The van der Waals surface area contributed by atoms with Crippen molar-refractivity contribution >= 4 is 18.4 Å². The van der Waals surface area contributed by atoms with E-state index in [1.807, 2.05) is 0 Å². The van der Waals surface area contributed by atoms with Crippen molar-refractivity contribution in [3.63, 3.8) is 0 Å². The standard InChI is InChI=1S/C8H15NO2.ClH/c9-5-6-2-1-3-7(4-6)8(10)11;/h6-7H,1-5,9H2,(H,10,11);1H/t6-,7-;/m1./s1. The largest absolute Gasteiger partial charge is 0.481 e. The summed E-state index contributed by atoms with van der Waals surface area (Å²) in [4.78, 5) is 10.6. The molecule has 1 aliphatic rings. The predicted octanol–water partition coefficient (Wildman–Crippen LogP) is 1.26. The van der Waals surface area contributed by atoms with Crippen LogP contribution in [0.2, 0.25) is 0 Å². The molecule has 0 spiro atoms. The van der Waals surface area contributed by atoms with E-state index in [-0.39, 0.29) is 18.3 Å². The van der Waals surface area contributed by atoms with Crippen LogP contribution < -0.4 is 5.73 Å². The van der Waals surface area contributed by atoms with Gasteiger partial charge in [-0.05, 0) is 31.7 Å². The van der Waals surface area contributed by atoms with Gasteiger partial charge in [-0.15, -0.1) is 12.4 Å². The van der Waals surface area contributed by atoms with E-state index < -0.39 is 5.97 Å². The SMILES string of the molecule is Cl.NC[C@@H]1CCC[C@@H](C(=O)O)C1. The van der Waals surface area contributed by atoms with Gasteiger partial charge < -0.3 is 10.8 Å². The van der Waals surface area contributed by atoms with E-state index in [2.05, 4.69) is 0 Å². The minimum absolute atomic E-state index is 0. The van der Waals surface area contributed by atoms with Gasteiger partial charge in [-0.1, -0.05) is 6.42 Å². The summed E-state index contributed by atoms with van der Waals surface area (Å²) in [6.45, 7) is 0.643. The zero-order valence-electron chi connectivity index (χ0n) is 7.03. The number of aliphatic carboxylic acids is 1. The zero-order valence-corrected chi connectivity index (χ0v) is 7.85. The Labute approximate surface area is 78.7 Å². The van der Waals surface area contributed by atoms with Crippen LogP contribution >= 0.6 is 12.4 Å². The van der Waals surface area contributed by atoms with Crippen LogP contribution in [0.1, 0.15) is 25.7 Å². The summed E-state index contributed by atoms with van der Waals surface area (Å²) in [6.07, 6.45) is 3.76. The number of carbonyl (C=O) groups is 1. The molecule has 0 radical (unpaired) electrons. The van der Waals surface area contributed by atoms with Crippen molar-refractivity contribution in [1.29, 1.82) is 0 Å². The van der Waals surface area contributed by atoms with E-state index in [1.54, 1.807) is 0 Å². The fourth-order valence-corrected chi connectivity index (χ4v) is 1.73. The fourth-order valence-electron chi connectivity index (χ4n) is 1.73. The van der Waals surface area contributed by atoms with Crippen LogP contribution in [0.4, 0.5) is 0 Å². The van der Waals surface area contributed by atoms with Crippen LogP contribution in [-0.4, -0.2) is 17.6 Å². The van der Waals surface area contributed by atoms with Crippen molar-refractivity contribution in [2.45, 2.75) is 25.7 Å². The molecule has 1 rings (SSSR count). The van der Waals surface area contributed by atoms with Crippen LogP contribution in [-0.2, 0) is 4.79 Å². The molecule has 0 aliphatic heterocycles. The molecule has 2 atom stereocenters. The molecule has 1 saturated carbocycles. The molecule has 3 N–H and O–H groups in total. The maximum atomic E-state index is 10.6. The molecule has 0 heterocycles. The van der Waals surface area contributed by atoms with Crippen LogP contribution in [0.3, 0.4) is 0 Å². The lowest BCUT2D eigenvalue weighted by Gasteiger charge is -2.25. The molecule has 0 aromatic heterocycles. The van der Waals surface area contributed by atoms with Gasteiger partial charge in [0.2, 0.25) is 0 Å². The lowest BCUT2D eigenvalue weighted by atomic mass is 9.81. The summed E-state index contributed by atoms with van der Waals surface area (Å²) in [5, 5.41) is 8.71. The second kappa shape index (κ2) is 5.38. The molecule has 4 heteroatoms. The first-order valence-corrected chi connectivity index (χ1v) is 4.17. The summed E-state index contributed by atoms with van der Waals surface area (Å²) in [6, 6.07) is 0. The van der Waals surface area contributed by atoms with E-state index in [9.17, 15) is 4.79 Å². The van der Waals surface area contributed by atoms with Crippen LogP contribution in [0.5, 0.6) is 0 Å². The number of halogens is 1. The summed E-state index contributed by atoms with van der Waals surface area (Å²) >= 11 is 0. The first kappa shape index (κ1) is 11.7. The quantitative estimate of drug-likeness (QED) is 0.694. The molecule has 1 fully saturated rings. The van der Waals surface area contributed by atoms with Gasteiger partial charge in [0, 0.05) is 0 Å². The third-order valence-electron chi connectivity index (χ3n) is 2.47. The monoisotopic (exact) mass is 193 g/mol. The molecular weight excluding hydrogens is 178 g/mol. The average molecular weight is 194 g/mol. The van der Waals surface area contributed by atoms with Gasteiger partial charge in [0.1, 0.15) is 0 Å². The molecule has 0 unspecified atom stereocenters. The normalized spacial score (nSPS) is 29.1. The minimum atomic E-state index is -0.650. The number of hydrogen-bond donors (Lipinski definition) is 2. The molecule has 12 heavy (non-hydrogen) atoms. The Morgan fingerprint density at radius 3 is 2.67 bits per heavy atom. The fraction of sp³-hybridized carbons (Fsp3) is 0.875. The molecular formula is C8H16ClNO2. The Balaban J connectivity index is 0.00000121. The highest BCUT2D eigenvalue weighted by atomic mass is 35.5. The zero-order chi connectivity index (χ0) is 8.27. The number of hydrogen-bond acceptors (Lipinski definition) is 2. The minimum Gasteiger partial charge on any atom is -0.481 e. The molecule has 3 nitrogen and oxygen atoms in total. The predicted molar refractivity (Wildman–Crippen MR) is 49.4 cm³/mol. The van der Waals surface area contributed by atoms with Gasteiger partial charge >= 0.3 is 5.97 Å². The van der Waals surface area contributed by atoms with Crippen molar-refractivity contribution in [3.8, 4) is 0 Å². The van der Waals surface area contributed by atoms with E-state index >= 15 is 0 Å². The summed E-state index contributed by atoms with van der Waals surface area (Å²) in [7, 11) is 0. The Morgan fingerprint density at radius 2 is 2.17 bits per heavy atom. The van der Waals surface area contributed by atoms with Gasteiger partial charge in [-0.2, -0.15) is 0 Å². The van der Waals surface area contributed by atoms with Gasteiger partial charge in [-0.25, -0.2) is 0 Å². The smallest absolute Gasteiger partial charge is 0.306 e. The highest BCUT2D eigenvalue weighted by Gasteiger charge is 2.25. The number of carboxylic acid groups (broad SMARTS) is 1. The Morgan fingerprint density at radius 1 is 1.50 bits per heavy atom. The lowest BCUT2D eigenvalue weighted by molar-refractivity contribution is -0.143. The van der Waals surface area contributed by atoms with Crippen molar-refractivity contribution < 1.29 is 9.90 Å². The third-order valence-corrected chi connectivity index (χ3v) is 2.47. The summed E-state index contributed by atoms with van der Waals surface area (Å²) < 4.78 is 0. The van der Waals surface area contributed by atoms with Gasteiger partial charge in [0.15, 0.2) is 0 Å². The lowest BCUT2D eigenvalue weighted by Crippen LogP contribution is -2.26. The maximum Gasteiger partial charge on any atom is 0.306 e. The van der Waals surface area contributed by atoms with E-state index in [0.717, 1.165) is 25.7 Å². The van der Waals surface area contributed by atoms with Crippen molar-refractivity contribution in [3.05, 3.63) is 0 Å². The van der Waals surface area contributed by atoms with Crippen molar-refractivity contribution in [1.82, 2.24) is 0 Å². The second-order valence-electron chi connectivity index (χ2n) is 3.30. The number of carboxylic acids is 1. The molecule has 0 bridgehead atoms. The van der Waals surface area contributed by atoms with Crippen LogP contribution in [0.25, 0.3) is 0 Å². The van der Waals surface area contributed by atoms with E-state index in [0.29, 0.717) is 12.5 Å². The van der Waals surface area contributed by atoms with Gasteiger partial charge in [0.05, 0.1) is 5.92 Å². The number of nitrogens with two attached hydrogens (primary N) is 1. The summed E-state index contributed by atoms with van der Waals surface area (Å²) in [5.41, 5.74) is 5.47. The first-order chi connectivity index (χ1) is 5.24. The highest BCUT2D eigenvalue weighted by molar-refractivity contribution is 5.85. The van der Waals surface area contributed by atoms with Crippen LogP contribution in [0.15, 0.2) is 0 Å².